The van der Waals surface area contributed by atoms with E-state index in [1.54, 1.807) is 0 Å². The number of hydrogen-bond donors (Lipinski definition) is 1. The third-order valence-corrected chi connectivity index (χ3v) is 6.76. The Morgan fingerprint density at radius 3 is 2.66 bits per heavy atom. The number of benzene rings is 3. The van der Waals surface area contributed by atoms with Crippen LogP contribution in [0.4, 0.5) is 5.69 Å². The van der Waals surface area contributed by atoms with E-state index < -0.39 is 0 Å². The van der Waals surface area contributed by atoms with Gasteiger partial charge < -0.3 is 14.6 Å². The molecule has 0 unspecified atom stereocenters. The van der Waals surface area contributed by atoms with Crippen LogP contribution in [0.3, 0.4) is 0 Å². The number of aryl methyl sites for hydroxylation is 1. The normalized spacial score (nSPS) is 11.0. The maximum Gasteiger partial charge on any atom is 0.234 e. The summed E-state index contributed by atoms with van der Waals surface area (Å²) in [7, 11) is 0. The van der Waals surface area contributed by atoms with Crippen LogP contribution in [0, 0.1) is 10.5 Å². The first kappa shape index (κ1) is 22.6. The van der Waals surface area contributed by atoms with Crippen molar-refractivity contribution in [2.24, 2.45) is 0 Å². The number of carbonyl (C=O) groups excluding carboxylic acids is 1. The van der Waals surface area contributed by atoms with E-state index in [1.807, 2.05) is 54.0 Å². The fourth-order valence-corrected chi connectivity index (χ4v) is 4.60. The Balaban J connectivity index is 1.39. The highest BCUT2D eigenvalue weighted by Crippen LogP contribution is 2.28. The highest BCUT2D eigenvalue weighted by Gasteiger charge is 2.15. The summed E-state index contributed by atoms with van der Waals surface area (Å²) >= 11 is 3.61. The minimum absolute atomic E-state index is 0.0774. The molecule has 164 valence electrons. The summed E-state index contributed by atoms with van der Waals surface area (Å²) in [5.41, 5.74) is 1.89. The first-order chi connectivity index (χ1) is 15.5. The zero-order chi connectivity index (χ0) is 22.5. The van der Waals surface area contributed by atoms with Crippen molar-refractivity contribution in [3.63, 3.8) is 0 Å². The second kappa shape index (κ2) is 10.4. The Hall–Kier alpha value is -2.59. The maximum absolute atomic E-state index is 12.3. The molecule has 0 atom stereocenters. The molecular formula is C24H23IN4O2S. The fraction of sp³-hybridized carbons (Fsp3) is 0.208. The van der Waals surface area contributed by atoms with E-state index in [0.29, 0.717) is 18.3 Å². The van der Waals surface area contributed by atoms with Crippen molar-refractivity contribution < 1.29 is 9.53 Å². The second-order valence-corrected chi connectivity index (χ2v) is 9.37. The van der Waals surface area contributed by atoms with Gasteiger partial charge in [0.1, 0.15) is 12.4 Å². The molecule has 0 radical (unpaired) electrons. The van der Waals surface area contributed by atoms with Gasteiger partial charge in [0.15, 0.2) is 11.0 Å². The van der Waals surface area contributed by atoms with E-state index in [2.05, 4.69) is 63.2 Å². The number of anilines is 1. The predicted molar refractivity (Wildman–Crippen MR) is 137 cm³/mol. The minimum atomic E-state index is -0.0774. The number of thioether (sulfide) groups is 1. The van der Waals surface area contributed by atoms with Crippen molar-refractivity contribution in [1.82, 2.24) is 14.8 Å². The summed E-state index contributed by atoms with van der Waals surface area (Å²) in [6.45, 7) is 5.11. The van der Waals surface area contributed by atoms with Gasteiger partial charge in [-0.1, -0.05) is 42.1 Å². The lowest BCUT2D eigenvalue weighted by molar-refractivity contribution is -0.113. The Morgan fingerprint density at radius 1 is 1.09 bits per heavy atom. The lowest BCUT2D eigenvalue weighted by Crippen LogP contribution is -2.15. The topological polar surface area (TPSA) is 69.0 Å². The number of halogens is 1. The summed E-state index contributed by atoms with van der Waals surface area (Å²) in [6, 6.07) is 20.0. The van der Waals surface area contributed by atoms with Gasteiger partial charge in [0.2, 0.25) is 5.91 Å². The van der Waals surface area contributed by atoms with Crippen molar-refractivity contribution in [1.29, 1.82) is 0 Å². The first-order valence-corrected chi connectivity index (χ1v) is 12.3. The molecule has 3 aromatic carbocycles. The Morgan fingerprint density at radius 2 is 1.88 bits per heavy atom. The highest BCUT2D eigenvalue weighted by molar-refractivity contribution is 14.1. The number of rotatable bonds is 8. The van der Waals surface area contributed by atoms with Crippen molar-refractivity contribution in [3.8, 4) is 5.75 Å². The smallest absolute Gasteiger partial charge is 0.234 e. The predicted octanol–water partition coefficient (Wildman–Crippen LogP) is 5.67. The van der Waals surface area contributed by atoms with Crippen LogP contribution in [0.1, 0.15) is 18.3 Å². The molecule has 0 aliphatic carbocycles. The molecule has 4 rings (SSSR count). The molecule has 8 heteroatoms. The van der Waals surface area contributed by atoms with Gasteiger partial charge in [0, 0.05) is 15.8 Å². The second-order valence-electron chi connectivity index (χ2n) is 7.19. The third-order valence-electron chi connectivity index (χ3n) is 5.08. The molecule has 6 nitrogen and oxygen atoms in total. The molecule has 1 heterocycles. The van der Waals surface area contributed by atoms with Gasteiger partial charge >= 0.3 is 0 Å². The molecule has 0 bridgehead atoms. The Labute approximate surface area is 204 Å². The largest absolute Gasteiger partial charge is 0.485 e. The van der Waals surface area contributed by atoms with Gasteiger partial charge in [-0.25, -0.2) is 0 Å². The van der Waals surface area contributed by atoms with Crippen LogP contribution in [-0.4, -0.2) is 26.4 Å². The van der Waals surface area contributed by atoms with Crippen LogP contribution in [0.2, 0.25) is 0 Å². The third kappa shape index (κ3) is 5.24. The minimum Gasteiger partial charge on any atom is -0.485 e. The van der Waals surface area contributed by atoms with Gasteiger partial charge in [-0.15, -0.1) is 10.2 Å². The standard InChI is InChI=1S/C24H23IN4O2S/c1-3-29-22(14-31-21-13-8-17-6-4-5-7-20(17)16(21)2)27-28-24(29)32-15-23(30)26-19-11-9-18(25)10-12-19/h4-13H,3,14-15H2,1-2H3,(H,26,30). The summed E-state index contributed by atoms with van der Waals surface area (Å²) in [5, 5.41) is 14.6. The van der Waals surface area contributed by atoms with Gasteiger partial charge in [-0.3, -0.25) is 4.79 Å². The lowest BCUT2D eigenvalue weighted by Gasteiger charge is -2.12. The van der Waals surface area contributed by atoms with Gasteiger partial charge in [0.05, 0.1) is 5.75 Å². The number of hydrogen-bond acceptors (Lipinski definition) is 5. The zero-order valence-electron chi connectivity index (χ0n) is 17.8. The average Bonchev–Trinajstić information content (AvgIpc) is 3.21. The van der Waals surface area contributed by atoms with E-state index in [4.69, 9.17) is 4.74 Å². The summed E-state index contributed by atoms with van der Waals surface area (Å²) in [6.07, 6.45) is 0. The number of nitrogens with one attached hydrogen (secondary N) is 1. The average molecular weight is 558 g/mol. The number of carbonyl (C=O) groups is 1. The molecule has 0 fully saturated rings. The number of amides is 1. The van der Waals surface area contributed by atoms with E-state index in [-0.39, 0.29) is 11.7 Å². The molecule has 1 amide bonds. The highest BCUT2D eigenvalue weighted by atomic mass is 127. The summed E-state index contributed by atoms with van der Waals surface area (Å²) < 4.78 is 9.20. The van der Waals surface area contributed by atoms with Crippen LogP contribution in [0.5, 0.6) is 5.75 Å². The van der Waals surface area contributed by atoms with Gasteiger partial charge in [-0.2, -0.15) is 0 Å². The van der Waals surface area contributed by atoms with Gasteiger partial charge in [0.25, 0.3) is 0 Å². The maximum atomic E-state index is 12.3. The quantitative estimate of drug-likeness (QED) is 0.223. The molecule has 1 aromatic heterocycles. The summed E-state index contributed by atoms with van der Waals surface area (Å²) in [4.78, 5) is 12.3. The SMILES string of the molecule is CCn1c(COc2ccc3ccccc3c2C)nnc1SCC(=O)Nc1ccc(I)cc1. The molecule has 0 aliphatic heterocycles. The van der Waals surface area contributed by atoms with E-state index >= 15 is 0 Å². The van der Waals surface area contributed by atoms with Gasteiger partial charge in [-0.05, 0) is 83.1 Å². The Kier molecular flexibility index (Phi) is 7.31. The van der Waals surface area contributed by atoms with E-state index in [9.17, 15) is 4.79 Å². The lowest BCUT2D eigenvalue weighted by atomic mass is 10.0. The zero-order valence-corrected chi connectivity index (χ0v) is 20.8. The molecule has 0 aliphatic rings. The fourth-order valence-electron chi connectivity index (χ4n) is 3.42. The van der Waals surface area contributed by atoms with E-state index in [1.165, 1.54) is 22.5 Å². The molecule has 0 saturated heterocycles. The monoisotopic (exact) mass is 558 g/mol. The van der Waals surface area contributed by atoms with Crippen molar-refractivity contribution >= 4 is 56.7 Å². The number of ether oxygens (including phenoxy) is 1. The number of fused-ring (bicyclic) bond motifs is 1. The summed E-state index contributed by atoms with van der Waals surface area (Å²) in [5.74, 6) is 1.75. The first-order valence-electron chi connectivity index (χ1n) is 10.3. The van der Waals surface area contributed by atoms with Crippen LogP contribution in [0.15, 0.2) is 65.8 Å². The molecule has 1 N–H and O–H groups in total. The number of aromatic nitrogens is 3. The molecule has 4 aromatic rings. The molecular weight excluding hydrogens is 535 g/mol. The van der Waals surface area contributed by atoms with Crippen LogP contribution in [-0.2, 0) is 17.9 Å². The van der Waals surface area contributed by atoms with E-state index in [0.717, 1.165) is 26.4 Å². The molecule has 0 saturated carbocycles. The van der Waals surface area contributed by atoms with Crippen molar-refractivity contribution in [3.05, 3.63) is 75.6 Å². The van der Waals surface area contributed by atoms with Crippen LogP contribution >= 0.6 is 34.4 Å². The Bertz CT molecular complexity index is 1240. The molecule has 32 heavy (non-hydrogen) atoms. The number of nitrogens with zero attached hydrogens (tertiary/aromatic N) is 3. The molecule has 0 spiro atoms. The van der Waals surface area contributed by atoms with Crippen LogP contribution in [0.25, 0.3) is 10.8 Å². The van der Waals surface area contributed by atoms with Crippen molar-refractivity contribution in [2.75, 3.05) is 11.1 Å². The van der Waals surface area contributed by atoms with Crippen LogP contribution < -0.4 is 10.1 Å². The van der Waals surface area contributed by atoms with Crippen molar-refractivity contribution in [2.45, 2.75) is 32.2 Å².